The number of carbonyl (C=O) groups excluding carboxylic acids is 5. The highest BCUT2D eigenvalue weighted by Crippen LogP contribution is 2.36. The molecule has 5 aromatic rings. The van der Waals surface area contributed by atoms with Crippen LogP contribution in [0.25, 0.3) is 22.3 Å². The van der Waals surface area contributed by atoms with E-state index in [1.54, 1.807) is 67.5 Å². The molecule has 1 fully saturated rings. The van der Waals surface area contributed by atoms with E-state index in [0.717, 1.165) is 62.1 Å². The summed E-state index contributed by atoms with van der Waals surface area (Å²) in [5.41, 5.74) is 11.9. The highest BCUT2D eigenvalue weighted by molar-refractivity contribution is 7.99. The van der Waals surface area contributed by atoms with Gasteiger partial charge in [0.05, 0.1) is 6.54 Å². The number of benzene rings is 3. The fourth-order valence-electron chi connectivity index (χ4n) is 8.04. The molecule has 3 amide bonds. The van der Waals surface area contributed by atoms with E-state index in [9.17, 15) is 24.0 Å². The van der Waals surface area contributed by atoms with Crippen molar-refractivity contribution in [3.8, 4) is 11.1 Å². The zero-order valence-electron chi connectivity index (χ0n) is 38.4. The van der Waals surface area contributed by atoms with Gasteiger partial charge in [0.1, 0.15) is 0 Å². The van der Waals surface area contributed by atoms with Gasteiger partial charge in [0, 0.05) is 73.0 Å². The number of hydrogen-bond donors (Lipinski definition) is 5. The standard InChI is InChI=1S/C49H61N11O5S/c1-5-27-66-48-55-44(52-22-20-50)41-45(56-48)60(58-57-41)30-33-10-8-31(9-11-33)7-6-21-53-46(64)34-18-24-59(25-19-34)26-23-51-40(61)17-13-32-12-15-37-38(28-32)36-16-14-35(54-47(65)49(2,3)4)29-39(36)43(63)42(37)62/h8-12,14-16,28-29,34H,5-7,13,17-27,30,50H2,1-4H3,(H,51,61)(H,53,64)(H,54,65)(H,52,55,56). The number of aromatic nitrogens is 5. The molecule has 0 bridgehead atoms. The van der Waals surface area contributed by atoms with Crippen molar-refractivity contribution in [3.05, 3.63) is 88.5 Å². The number of carbonyl (C=O) groups is 5. The number of fused-ring (bicyclic) bond motifs is 4. The van der Waals surface area contributed by atoms with Crippen LogP contribution in [0.1, 0.15) is 97.2 Å². The second kappa shape index (κ2) is 22.0. The number of ketones is 2. The summed E-state index contributed by atoms with van der Waals surface area (Å²) >= 11 is 1.61. The summed E-state index contributed by atoms with van der Waals surface area (Å²) in [5, 5.41) is 21.7. The van der Waals surface area contributed by atoms with Crippen LogP contribution >= 0.6 is 11.8 Å². The summed E-state index contributed by atoms with van der Waals surface area (Å²) in [6, 6.07) is 18.8. The monoisotopic (exact) mass is 915 g/mol. The Labute approximate surface area is 390 Å². The highest BCUT2D eigenvalue weighted by Gasteiger charge is 2.32. The summed E-state index contributed by atoms with van der Waals surface area (Å²) in [6.45, 7) is 12.5. The van der Waals surface area contributed by atoms with Gasteiger partial charge in [0.2, 0.25) is 29.3 Å². The third kappa shape index (κ3) is 12.0. The van der Waals surface area contributed by atoms with Crippen molar-refractivity contribution in [1.82, 2.24) is 40.5 Å². The smallest absolute Gasteiger partial charge is 0.234 e. The predicted molar refractivity (Wildman–Crippen MR) is 258 cm³/mol. The maximum atomic E-state index is 13.0. The SMILES string of the molecule is CCCSc1nc(NCCN)c2nnn(Cc3ccc(CCCNC(=O)C4CCN(CCNC(=O)CCc5ccc6c(c5)-c5ccc(NC(=O)C(C)(C)C)cc5C(=O)C6=O)CC4)cc3)c2n1. The Bertz CT molecular complexity index is 2560. The molecule has 17 heteroatoms. The Kier molecular flexibility index (Phi) is 15.9. The maximum absolute atomic E-state index is 13.0. The number of thioether (sulfide) groups is 1. The van der Waals surface area contributed by atoms with Crippen LogP contribution in [0.3, 0.4) is 0 Å². The van der Waals surface area contributed by atoms with Crippen LogP contribution in [0, 0.1) is 11.3 Å². The maximum Gasteiger partial charge on any atom is 0.234 e. The average Bonchev–Trinajstić information content (AvgIpc) is 3.72. The molecule has 7 rings (SSSR count). The molecule has 0 spiro atoms. The molecule has 0 radical (unpaired) electrons. The molecule has 1 saturated heterocycles. The third-order valence-corrected chi connectivity index (χ3v) is 12.9. The van der Waals surface area contributed by atoms with Crippen LogP contribution in [0.5, 0.6) is 0 Å². The molecule has 2 aliphatic rings. The van der Waals surface area contributed by atoms with Gasteiger partial charge in [-0.05, 0) is 91.6 Å². The number of rotatable bonds is 20. The number of nitrogens with two attached hydrogens (primary N) is 1. The largest absolute Gasteiger partial charge is 0.367 e. The first-order valence-electron chi connectivity index (χ1n) is 23.0. The molecule has 1 aliphatic heterocycles. The van der Waals surface area contributed by atoms with Crippen LogP contribution < -0.4 is 27.0 Å². The van der Waals surface area contributed by atoms with Gasteiger partial charge in [0.25, 0.3) is 0 Å². The van der Waals surface area contributed by atoms with Crippen molar-refractivity contribution < 1.29 is 24.0 Å². The summed E-state index contributed by atoms with van der Waals surface area (Å²) in [4.78, 5) is 76.1. The number of likely N-dealkylation sites (tertiary alicyclic amines) is 1. The molecular formula is C49H61N11O5S. The number of nitrogens with zero attached hydrogens (tertiary/aromatic N) is 6. The second-order valence-electron chi connectivity index (χ2n) is 18.0. The summed E-state index contributed by atoms with van der Waals surface area (Å²) < 4.78 is 1.81. The van der Waals surface area contributed by atoms with Crippen molar-refractivity contribution >= 4 is 63.7 Å². The lowest BCUT2D eigenvalue weighted by molar-refractivity contribution is -0.126. The van der Waals surface area contributed by atoms with Gasteiger partial charge < -0.3 is 31.9 Å². The van der Waals surface area contributed by atoms with Gasteiger partial charge in [-0.15, -0.1) is 5.10 Å². The van der Waals surface area contributed by atoms with Crippen molar-refractivity contribution in [1.29, 1.82) is 0 Å². The first-order chi connectivity index (χ1) is 31.8. The van der Waals surface area contributed by atoms with Crippen molar-refractivity contribution in [2.24, 2.45) is 17.1 Å². The molecule has 2 aromatic heterocycles. The van der Waals surface area contributed by atoms with Gasteiger partial charge in [0.15, 0.2) is 22.1 Å². The lowest BCUT2D eigenvalue weighted by Gasteiger charge is -2.31. The van der Waals surface area contributed by atoms with Crippen LogP contribution in [-0.4, -0.2) is 111 Å². The molecule has 0 atom stereocenters. The van der Waals surface area contributed by atoms with E-state index in [0.29, 0.717) is 90.2 Å². The molecule has 348 valence electrons. The Balaban J connectivity index is 0.790. The molecule has 1 aliphatic carbocycles. The van der Waals surface area contributed by atoms with Crippen LogP contribution in [0.15, 0.2) is 65.8 Å². The van der Waals surface area contributed by atoms with Gasteiger partial charge in [-0.25, -0.2) is 14.6 Å². The molecule has 16 nitrogen and oxygen atoms in total. The molecule has 66 heavy (non-hydrogen) atoms. The summed E-state index contributed by atoms with van der Waals surface area (Å²) in [6.07, 6.45) is 5.01. The van der Waals surface area contributed by atoms with Crippen LogP contribution in [0.2, 0.25) is 0 Å². The number of piperidine rings is 1. The van der Waals surface area contributed by atoms with Gasteiger partial charge in [-0.3, -0.25) is 24.0 Å². The fourth-order valence-corrected chi connectivity index (χ4v) is 8.73. The number of amides is 3. The van der Waals surface area contributed by atoms with E-state index in [4.69, 9.17) is 10.7 Å². The number of nitrogens with one attached hydrogen (secondary N) is 4. The van der Waals surface area contributed by atoms with Gasteiger partial charge in [-0.1, -0.05) is 93.2 Å². The zero-order valence-corrected chi connectivity index (χ0v) is 39.2. The number of Topliss-reactive ketones (excluding diaryl/α,β-unsaturated/α-hetero) is 2. The van der Waals surface area contributed by atoms with Crippen molar-refractivity contribution in [2.75, 3.05) is 62.2 Å². The molecule has 0 saturated carbocycles. The molecule has 0 unspecified atom stereocenters. The summed E-state index contributed by atoms with van der Waals surface area (Å²) in [5.74, 6) is 0.200. The quantitative estimate of drug-likeness (QED) is 0.0275. The molecule has 6 N–H and O–H groups in total. The van der Waals surface area contributed by atoms with Gasteiger partial charge in [-0.2, -0.15) is 0 Å². The number of anilines is 2. The van der Waals surface area contributed by atoms with Crippen molar-refractivity contribution in [3.63, 3.8) is 0 Å². The van der Waals surface area contributed by atoms with Gasteiger partial charge >= 0.3 is 0 Å². The minimum Gasteiger partial charge on any atom is -0.367 e. The van der Waals surface area contributed by atoms with Crippen LogP contribution in [0.4, 0.5) is 11.5 Å². The molecule has 3 heterocycles. The Hall–Kier alpha value is -6.04. The Morgan fingerprint density at radius 2 is 1.55 bits per heavy atom. The van der Waals surface area contributed by atoms with Crippen LogP contribution in [-0.2, 0) is 33.8 Å². The van der Waals surface area contributed by atoms with E-state index < -0.39 is 17.0 Å². The summed E-state index contributed by atoms with van der Waals surface area (Å²) in [7, 11) is 0. The van der Waals surface area contributed by atoms with E-state index in [2.05, 4.69) is 72.7 Å². The van der Waals surface area contributed by atoms with E-state index in [-0.39, 0.29) is 35.6 Å². The minimum atomic E-state index is -0.621. The zero-order chi connectivity index (χ0) is 46.8. The Morgan fingerprint density at radius 3 is 2.29 bits per heavy atom. The minimum absolute atomic E-state index is 0.0181. The number of hydrogen-bond acceptors (Lipinski definition) is 13. The van der Waals surface area contributed by atoms with E-state index in [1.165, 1.54) is 5.56 Å². The van der Waals surface area contributed by atoms with E-state index >= 15 is 0 Å². The first kappa shape index (κ1) is 47.9. The Morgan fingerprint density at radius 1 is 0.818 bits per heavy atom. The predicted octanol–water partition coefficient (Wildman–Crippen LogP) is 5.68. The van der Waals surface area contributed by atoms with Crippen molar-refractivity contribution in [2.45, 2.75) is 84.3 Å². The molecule has 3 aromatic carbocycles. The fraction of sp³-hybridized carbons (Fsp3) is 0.449. The lowest BCUT2D eigenvalue weighted by atomic mass is 9.82. The topological polar surface area (TPSA) is 219 Å². The van der Waals surface area contributed by atoms with E-state index in [1.807, 2.05) is 6.07 Å². The average molecular weight is 916 g/mol. The first-order valence-corrected chi connectivity index (χ1v) is 24.0. The highest BCUT2D eigenvalue weighted by atomic mass is 32.2. The normalized spacial score (nSPS) is 14.2. The second-order valence-corrected chi connectivity index (χ2v) is 19.1. The molecular weight excluding hydrogens is 855 g/mol. The third-order valence-electron chi connectivity index (χ3n) is 11.9. The number of aryl methyl sites for hydroxylation is 2. The lowest BCUT2D eigenvalue weighted by Crippen LogP contribution is -2.43.